The number of nitrogens with one attached hydrogen (secondary N) is 1. The number of benzene rings is 1. The molecule has 0 saturated carbocycles. The summed E-state index contributed by atoms with van der Waals surface area (Å²) in [5.41, 5.74) is 7.59. The molecule has 1 unspecified atom stereocenters. The molecule has 2 rings (SSSR count). The molecule has 0 aromatic heterocycles. The third kappa shape index (κ3) is 3.74. The second-order valence-electron chi connectivity index (χ2n) is 4.69. The fraction of sp³-hybridized carbons (Fsp3) is 0.429. The van der Waals surface area contributed by atoms with Gasteiger partial charge >= 0.3 is 0 Å². The van der Waals surface area contributed by atoms with Gasteiger partial charge in [0.25, 0.3) is 0 Å². The maximum Gasteiger partial charge on any atom is 0.131 e. The summed E-state index contributed by atoms with van der Waals surface area (Å²) in [6.45, 7) is 5.20. The highest BCUT2D eigenvalue weighted by Gasteiger charge is 2.19. The molecule has 1 aromatic carbocycles. The van der Waals surface area contributed by atoms with Crippen LogP contribution in [0.2, 0.25) is 0 Å². The van der Waals surface area contributed by atoms with E-state index in [1.54, 1.807) is 6.26 Å². The second kappa shape index (κ2) is 6.76. The lowest BCUT2D eigenvalue weighted by Crippen LogP contribution is -2.26. The van der Waals surface area contributed by atoms with Gasteiger partial charge in [0.15, 0.2) is 0 Å². The van der Waals surface area contributed by atoms with Crippen LogP contribution >= 0.6 is 0 Å². The minimum Gasteiger partial charge on any atom is -0.489 e. The fourth-order valence-electron chi connectivity index (χ4n) is 2.17. The lowest BCUT2D eigenvalue weighted by atomic mass is 10.1. The second-order valence-corrected chi connectivity index (χ2v) is 5.80. The van der Waals surface area contributed by atoms with Crippen LogP contribution in [-0.2, 0) is 15.7 Å². The first-order chi connectivity index (χ1) is 9.58. The van der Waals surface area contributed by atoms with Crippen molar-refractivity contribution < 1.29 is 13.7 Å². The summed E-state index contributed by atoms with van der Waals surface area (Å²) in [5, 5.41) is 0. The van der Waals surface area contributed by atoms with Crippen molar-refractivity contribution in [1.29, 1.82) is 0 Å². The highest BCUT2D eigenvalue weighted by molar-refractivity contribution is 7.85. The van der Waals surface area contributed by atoms with E-state index in [1.165, 1.54) is 0 Å². The maximum absolute atomic E-state index is 11.4. The van der Waals surface area contributed by atoms with E-state index in [1.807, 2.05) is 18.2 Å². The third-order valence-electron chi connectivity index (χ3n) is 3.06. The third-order valence-corrected chi connectivity index (χ3v) is 3.57. The molecule has 0 spiro atoms. The van der Waals surface area contributed by atoms with Gasteiger partial charge < -0.3 is 19.9 Å². The van der Waals surface area contributed by atoms with Crippen molar-refractivity contribution in [3.8, 4) is 5.75 Å². The Kier molecular flexibility index (Phi) is 5.03. The van der Waals surface area contributed by atoms with Crippen LogP contribution in [0, 0.1) is 0 Å². The Labute approximate surface area is 121 Å². The lowest BCUT2D eigenvalue weighted by molar-refractivity contribution is 0.0255. The van der Waals surface area contributed by atoms with Gasteiger partial charge in [0.1, 0.15) is 22.8 Å². The van der Waals surface area contributed by atoms with E-state index in [9.17, 15) is 4.21 Å². The van der Waals surface area contributed by atoms with Crippen LogP contribution in [0.15, 0.2) is 24.8 Å². The number of hydrogen-bond donors (Lipinski definition) is 2. The summed E-state index contributed by atoms with van der Waals surface area (Å²) in [5.74, 6) is 0.667. The Morgan fingerprint density at radius 3 is 2.80 bits per heavy atom. The minimum atomic E-state index is -1.18. The molecule has 5 nitrogen and oxygen atoms in total. The predicted molar refractivity (Wildman–Crippen MR) is 81.8 cm³/mol. The normalized spacial score (nSPS) is 17.4. The van der Waals surface area contributed by atoms with Crippen molar-refractivity contribution >= 4 is 22.4 Å². The predicted octanol–water partition coefficient (Wildman–Crippen LogP) is 1.88. The van der Waals surface area contributed by atoms with Crippen molar-refractivity contribution in [3.05, 3.63) is 30.3 Å². The standard InChI is InChI=1S/C14H20N2O3S/c1-10(15)14-12(16-20(2)17)4-3-5-13(14)19-11-6-8-18-9-7-11/h3-5,11,16H,1,6-9,15H2,2H3. The summed E-state index contributed by atoms with van der Waals surface area (Å²) < 4.78 is 25.5. The molecule has 0 radical (unpaired) electrons. The van der Waals surface area contributed by atoms with Crippen molar-refractivity contribution in [3.63, 3.8) is 0 Å². The molecule has 3 N–H and O–H groups in total. The topological polar surface area (TPSA) is 73.6 Å². The van der Waals surface area contributed by atoms with E-state index in [4.69, 9.17) is 15.2 Å². The van der Waals surface area contributed by atoms with Gasteiger partial charge in [0, 0.05) is 24.8 Å². The van der Waals surface area contributed by atoms with Gasteiger partial charge in [0.2, 0.25) is 0 Å². The van der Waals surface area contributed by atoms with Gasteiger partial charge in [-0.2, -0.15) is 0 Å². The minimum absolute atomic E-state index is 0.115. The van der Waals surface area contributed by atoms with E-state index < -0.39 is 11.0 Å². The van der Waals surface area contributed by atoms with Gasteiger partial charge in [-0.1, -0.05) is 12.6 Å². The van der Waals surface area contributed by atoms with Crippen molar-refractivity contribution in [2.45, 2.75) is 18.9 Å². The largest absolute Gasteiger partial charge is 0.489 e. The number of hydrogen-bond acceptors (Lipinski definition) is 4. The maximum atomic E-state index is 11.4. The summed E-state index contributed by atoms with van der Waals surface area (Å²) in [7, 11) is -1.18. The smallest absolute Gasteiger partial charge is 0.131 e. The molecule has 0 amide bonds. The van der Waals surface area contributed by atoms with E-state index in [-0.39, 0.29) is 6.10 Å². The molecule has 1 aromatic rings. The molecule has 1 aliphatic rings. The van der Waals surface area contributed by atoms with Crippen molar-refractivity contribution in [1.82, 2.24) is 0 Å². The Morgan fingerprint density at radius 2 is 2.20 bits per heavy atom. The van der Waals surface area contributed by atoms with E-state index in [2.05, 4.69) is 11.3 Å². The van der Waals surface area contributed by atoms with Crippen LogP contribution in [0.25, 0.3) is 5.70 Å². The first kappa shape index (κ1) is 14.9. The molecule has 110 valence electrons. The summed E-state index contributed by atoms with van der Waals surface area (Å²) in [6, 6.07) is 5.51. The summed E-state index contributed by atoms with van der Waals surface area (Å²) in [4.78, 5) is 0. The highest BCUT2D eigenvalue weighted by atomic mass is 32.2. The van der Waals surface area contributed by atoms with Crippen LogP contribution < -0.4 is 15.2 Å². The van der Waals surface area contributed by atoms with Crippen LogP contribution in [0.5, 0.6) is 5.75 Å². The van der Waals surface area contributed by atoms with Gasteiger partial charge in [-0.25, -0.2) is 4.21 Å². The molecule has 1 aliphatic heterocycles. The van der Waals surface area contributed by atoms with Gasteiger partial charge in [0.05, 0.1) is 24.5 Å². The number of anilines is 1. The Morgan fingerprint density at radius 1 is 1.50 bits per heavy atom. The Hall–Kier alpha value is -1.53. The first-order valence-electron chi connectivity index (χ1n) is 6.50. The molecule has 1 heterocycles. The molecule has 6 heteroatoms. The Balaban J connectivity index is 2.26. The molecular formula is C14H20N2O3S. The van der Waals surface area contributed by atoms with Gasteiger partial charge in [-0.05, 0) is 12.1 Å². The SMILES string of the molecule is C=C(N)c1c(NS(C)=O)cccc1OC1CCOCC1. The summed E-state index contributed by atoms with van der Waals surface area (Å²) in [6.07, 6.45) is 3.39. The molecular weight excluding hydrogens is 276 g/mol. The van der Waals surface area contributed by atoms with Crippen LogP contribution in [0.1, 0.15) is 18.4 Å². The van der Waals surface area contributed by atoms with E-state index in [0.29, 0.717) is 35.9 Å². The quantitative estimate of drug-likeness (QED) is 0.870. The number of nitrogens with two attached hydrogens (primary N) is 1. The average molecular weight is 296 g/mol. The van der Waals surface area contributed by atoms with E-state index in [0.717, 1.165) is 12.8 Å². The molecule has 1 fully saturated rings. The van der Waals surface area contributed by atoms with Crippen LogP contribution in [0.3, 0.4) is 0 Å². The van der Waals surface area contributed by atoms with Crippen molar-refractivity contribution in [2.24, 2.45) is 5.73 Å². The highest BCUT2D eigenvalue weighted by Crippen LogP contribution is 2.32. The first-order valence-corrected chi connectivity index (χ1v) is 8.06. The van der Waals surface area contributed by atoms with Gasteiger partial charge in [-0.3, -0.25) is 0 Å². The summed E-state index contributed by atoms with van der Waals surface area (Å²) >= 11 is 0. The fourth-order valence-corrected chi connectivity index (χ4v) is 2.65. The van der Waals surface area contributed by atoms with Crippen LogP contribution in [0.4, 0.5) is 5.69 Å². The zero-order chi connectivity index (χ0) is 14.5. The Bertz CT molecular complexity index is 513. The molecule has 1 saturated heterocycles. The van der Waals surface area contributed by atoms with Gasteiger partial charge in [-0.15, -0.1) is 0 Å². The molecule has 0 bridgehead atoms. The zero-order valence-electron chi connectivity index (χ0n) is 11.6. The molecule has 20 heavy (non-hydrogen) atoms. The zero-order valence-corrected chi connectivity index (χ0v) is 12.4. The monoisotopic (exact) mass is 296 g/mol. The lowest BCUT2D eigenvalue weighted by Gasteiger charge is -2.25. The van der Waals surface area contributed by atoms with Crippen LogP contribution in [-0.4, -0.2) is 29.8 Å². The van der Waals surface area contributed by atoms with E-state index >= 15 is 0 Å². The number of ether oxygens (including phenoxy) is 2. The molecule has 0 aliphatic carbocycles. The van der Waals surface area contributed by atoms with Crippen molar-refractivity contribution in [2.75, 3.05) is 24.2 Å². The number of rotatable bonds is 5. The molecule has 1 atom stereocenters. The average Bonchev–Trinajstić information content (AvgIpc) is 2.39.